The molecule has 0 N–H and O–H groups in total. The number of carbonyl (C=O) groups excluding carboxylic acids is 2. The molecule has 1 aromatic heterocycles. The van der Waals surface area contributed by atoms with Crippen LogP contribution in [-0.2, 0) is 20.9 Å². The molecule has 2 fully saturated rings. The molecule has 0 aromatic carbocycles. The first-order valence-corrected chi connectivity index (χ1v) is 11.6. The second-order valence-electron chi connectivity index (χ2n) is 9.42. The van der Waals surface area contributed by atoms with Crippen LogP contribution in [0, 0.1) is 37.0 Å². The normalized spacial score (nSPS) is 21.5. The average Bonchev–Trinajstić information content (AvgIpc) is 3.02. The number of hydrogen-bond donors (Lipinski definition) is 0. The van der Waals surface area contributed by atoms with E-state index in [-0.39, 0.29) is 24.1 Å². The highest BCUT2D eigenvalue weighted by Gasteiger charge is 2.35. The van der Waals surface area contributed by atoms with Gasteiger partial charge in [-0.15, -0.1) is 0 Å². The van der Waals surface area contributed by atoms with E-state index < -0.39 is 5.97 Å². The van der Waals surface area contributed by atoms with Crippen LogP contribution in [0.2, 0.25) is 0 Å². The lowest BCUT2D eigenvalue weighted by molar-refractivity contribution is -0.152. The Labute approximate surface area is 185 Å². The number of carbonyl (C=O) groups is 2. The Morgan fingerprint density at radius 3 is 2.65 bits per heavy atom. The average molecular weight is 426 g/mol. The molecule has 31 heavy (non-hydrogen) atoms. The van der Waals surface area contributed by atoms with Crippen LogP contribution in [0.4, 0.5) is 0 Å². The Morgan fingerprint density at radius 2 is 1.94 bits per heavy atom. The van der Waals surface area contributed by atoms with Gasteiger partial charge < -0.3 is 14.2 Å². The number of aromatic nitrogens is 1. The zero-order chi connectivity index (χ0) is 22.5. The van der Waals surface area contributed by atoms with Crippen LogP contribution >= 0.6 is 0 Å². The van der Waals surface area contributed by atoms with Crippen molar-refractivity contribution in [2.75, 3.05) is 13.2 Å². The van der Waals surface area contributed by atoms with Gasteiger partial charge in [0, 0.05) is 30.5 Å². The fourth-order valence-electron chi connectivity index (χ4n) is 5.13. The number of hydrogen-bond acceptors (Lipinski definition) is 4. The molecule has 1 aliphatic heterocycles. The number of aryl methyl sites for hydroxylation is 1. The summed E-state index contributed by atoms with van der Waals surface area (Å²) in [6, 6.07) is 4.21. The molecule has 1 amide bonds. The summed E-state index contributed by atoms with van der Waals surface area (Å²) >= 11 is 0. The van der Waals surface area contributed by atoms with Crippen LogP contribution in [0.15, 0.2) is 11.6 Å². The van der Waals surface area contributed by atoms with Gasteiger partial charge in [0.1, 0.15) is 11.6 Å². The number of fused-ring (bicyclic) bond motifs is 1. The van der Waals surface area contributed by atoms with Gasteiger partial charge in [0.05, 0.1) is 0 Å². The highest BCUT2D eigenvalue weighted by Crippen LogP contribution is 2.35. The summed E-state index contributed by atoms with van der Waals surface area (Å²) in [5.74, 6) is 0.198. The maximum atomic E-state index is 12.8. The van der Waals surface area contributed by atoms with Crippen molar-refractivity contribution in [1.82, 2.24) is 9.47 Å². The number of nitriles is 1. The van der Waals surface area contributed by atoms with Crippen molar-refractivity contribution in [2.24, 2.45) is 11.8 Å². The van der Waals surface area contributed by atoms with Crippen molar-refractivity contribution in [3.05, 3.63) is 28.6 Å². The van der Waals surface area contributed by atoms with Gasteiger partial charge in [-0.25, -0.2) is 4.79 Å². The van der Waals surface area contributed by atoms with E-state index in [1.54, 1.807) is 6.08 Å². The molecular formula is C25H35N3O3. The molecule has 168 valence electrons. The zero-order valence-corrected chi connectivity index (χ0v) is 19.3. The van der Waals surface area contributed by atoms with E-state index in [4.69, 9.17) is 4.74 Å². The van der Waals surface area contributed by atoms with Crippen LogP contribution in [0.1, 0.15) is 69.3 Å². The van der Waals surface area contributed by atoms with Gasteiger partial charge in [0.25, 0.3) is 5.91 Å². The molecule has 0 bridgehead atoms. The minimum Gasteiger partial charge on any atom is -0.451 e. The fourth-order valence-corrected chi connectivity index (χ4v) is 5.13. The van der Waals surface area contributed by atoms with E-state index in [2.05, 4.69) is 18.4 Å². The molecule has 3 rings (SSSR count). The predicted octanol–water partition coefficient (Wildman–Crippen LogP) is 4.39. The van der Waals surface area contributed by atoms with Crippen LogP contribution in [-0.4, -0.2) is 40.5 Å². The van der Waals surface area contributed by atoms with Gasteiger partial charge in [0.15, 0.2) is 6.61 Å². The Balaban J connectivity index is 1.65. The first kappa shape index (κ1) is 23.1. The third-order valence-electron chi connectivity index (χ3n) is 6.69. The summed E-state index contributed by atoms with van der Waals surface area (Å²) in [5.41, 5.74) is 2.86. The summed E-state index contributed by atoms with van der Waals surface area (Å²) in [5, 5.41) is 9.52. The summed E-state index contributed by atoms with van der Waals surface area (Å²) < 4.78 is 7.47. The SMILES string of the molecule is Cc1cc(/C=C(\C#N)C(=O)OCC(=O)N2CCC[C@@H]3CCCC[C@H]32)c(C)n1CC(C)C. The number of piperidine rings is 1. The fraction of sp³-hybridized carbons (Fsp3) is 0.640. The molecule has 1 saturated heterocycles. The van der Waals surface area contributed by atoms with Crippen LogP contribution in [0.25, 0.3) is 6.08 Å². The molecule has 6 nitrogen and oxygen atoms in total. The molecule has 0 radical (unpaired) electrons. The maximum absolute atomic E-state index is 12.8. The van der Waals surface area contributed by atoms with E-state index in [0.717, 1.165) is 49.3 Å². The smallest absolute Gasteiger partial charge is 0.349 e. The number of rotatable bonds is 6. The van der Waals surface area contributed by atoms with Gasteiger partial charge in [0.2, 0.25) is 0 Å². The van der Waals surface area contributed by atoms with E-state index >= 15 is 0 Å². The number of esters is 1. The topological polar surface area (TPSA) is 75.3 Å². The van der Waals surface area contributed by atoms with Crippen molar-refractivity contribution in [3.8, 4) is 6.07 Å². The number of ether oxygens (including phenoxy) is 1. The van der Waals surface area contributed by atoms with Gasteiger partial charge in [-0.1, -0.05) is 26.7 Å². The molecule has 0 spiro atoms. The summed E-state index contributed by atoms with van der Waals surface area (Å²) in [6.07, 6.45) is 8.39. The lowest BCUT2D eigenvalue weighted by Gasteiger charge is -2.44. The minimum absolute atomic E-state index is 0.0771. The molecule has 1 saturated carbocycles. The predicted molar refractivity (Wildman–Crippen MR) is 120 cm³/mol. The van der Waals surface area contributed by atoms with Crippen LogP contribution in [0.5, 0.6) is 0 Å². The monoisotopic (exact) mass is 425 g/mol. The van der Waals surface area contributed by atoms with Gasteiger partial charge in [-0.3, -0.25) is 4.79 Å². The lowest BCUT2D eigenvalue weighted by atomic mass is 9.78. The van der Waals surface area contributed by atoms with Gasteiger partial charge >= 0.3 is 5.97 Å². The second-order valence-corrected chi connectivity index (χ2v) is 9.42. The van der Waals surface area contributed by atoms with E-state index in [1.807, 2.05) is 30.9 Å². The number of amides is 1. The third kappa shape index (κ3) is 5.39. The maximum Gasteiger partial charge on any atom is 0.349 e. The highest BCUT2D eigenvalue weighted by molar-refractivity contribution is 5.99. The van der Waals surface area contributed by atoms with Crippen LogP contribution in [0.3, 0.4) is 0 Å². The van der Waals surface area contributed by atoms with Crippen molar-refractivity contribution in [3.63, 3.8) is 0 Å². The summed E-state index contributed by atoms with van der Waals surface area (Å²) in [4.78, 5) is 27.2. The standard InChI is InChI=1S/C25H35N3O3/c1-17(2)15-28-18(3)12-21(19(28)4)13-22(14-26)25(30)31-16-24(29)27-11-7-9-20-8-5-6-10-23(20)27/h12-13,17,20,23H,5-11,15-16H2,1-4H3/b22-13+/t20-,23+/m0/s1. The largest absolute Gasteiger partial charge is 0.451 e. The van der Waals surface area contributed by atoms with Crippen molar-refractivity contribution < 1.29 is 14.3 Å². The summed E-state index contributed by atoms with van der Waals surface area (Å²) in [6.45, 7) is 9.63. The van der Waals surface area contributed by atoms with E-state index in [0.29, 0.717) is 11.8 Å². The zero-order valence-electron chi connectivity index (χ0n) is 19.3. The van der Waals surface area contributed by atoms with Gasteiger partial charge in [-0.2, -0.15) is 5.26 Å². The first-order chi connectivity index (χ1) is 14.8. The first-order valence-electron chi connectivity index (χ1n) is 11.6. The molecule has 6 heteroatoms. The lowest BCUT2D eigenvalue weighted by Crippen LogP contribution is -2.50. The van der Waals surface area contributed by atoms with Gasteiger partial charge in [-0.05, 0) is 69.1 Å². The minimum atomic E-state index is -0.735. The number of likely N-dealkylation sites (tertiary alicyclic amines) is 1. The third-order valence-corrected chi connectivity index (χ3v) is 6.69. The highest BCUT2D eigenvalue weighted by atomic mass is 16.5. The molecule has 2 atom stereocenters. The molecule has 1 aromatic rings. The molecule has 2 aliphatic rings. The molecular weight excluding hydrogens is 390 g/mol. The Kier molecular flexibility index (Phi) is 7.59. The molecule has 0 unspecified atom stereocenters. The second kappa shape index (κ2) is 10.2. The van der Waals surface area contributed by atoms with Crippen LogP contribution < -0.4 is 0 Å². The number of nitrogens with zero attached hydrogens (tertiary/aromatic N) is 3. The Bertz CT molecular complexity index is 889. The quantitative estimate of drug-likeness (QED) is 0.385. The van der Waals surface area contributed by atoms with Crippen molar-refractivity contribution >= 4 is 18.0 Å². The van der Waals surface area contributed by atoms with Crippen molar-refractivity contribution in [1.29, 1.82) is 5.26 Å². The summed E-state index contributed by atoms with van der Waals surface area (Å²) in [7, 11) is 0. The molecule has 1 aliphatic carbocycles. The molecule has 2 heterocycles. The van der Waals surface area contributed by atoms with E-state index in [9.17, 15) is 14.9 Å². The van der Waals surface area contributed by atoms with Crippen molar-refractivity contribution in [2.45, 2.75) is 78.8 Å². The van der Waals surface area contributed by atoms with E-state index in [1.165, 1.54) is 19.3 Å². The Hall–Kier alpha value is -2.55. The Morgan fingerprint density at radius 1 is 1.23 bits per heavy atom.